The maximum absolute atomic E-state index is 12.6. The number of piperazine rings is 1. The standard InChI is InChI=1S/C16H23N7O2S/c24-26(25,15-12-17-13-19-15)23-10-8-21(9-11-23)14-4-5-18-16(20-14)22-6-2-1-3-7-22/h4-5,12-13H,1-3,6-11H2,(H,17,19). The van der Waals surface area contributed by atoms with E-state index in [1.807, 2.05) is 6.07 Å². The molecule has 0 radical (unpaired) electrons. The van der Waals surface area contributed by atoms with Crippen LogP contribution in [0.5, 0.6) is 0 Å². The molecule has 2 aliphatic rings. The lowest BCUT2D eigenvalue weighted by atomic mass is 10.1. The quantitative estimate of drug-likeness (QED) is 0.837. The molecule has 26 heavy (non-hydrogen) atoms. The Balaban J connectivity index is 1.43. The van der Waals surface area contributed by atoms with Gasteiger partial charge in [-0.1, -0.05) is 0 Å². The van der Waals surface area contributed by atoms with Gasteiger partial charge in [-0.15, -0.1) is 0 Å². The molecule has 10 heteroatoms. The van der Waals surface area contributed by atoms with Crippen LogP contribution in [0.15, 0.2) is 29.8 Å². The number of sulfonamides is 1. The van der Waals surface area contributed by atoms with E-state index in [4.69, 9.17) is 4.98 Å². The van der Waals surface area contributed by atoms with E-state index in [0.717, 1.165) is 24.9 Å². The number of rotatable bonds is 4. The molecule has 0 atom stereocenters. The SMILES string of the molecule is O=S(=O)(c1cnc[nH]1)N1CCN(c2ccnc(N3CCCCC3)n2)CC1. The lowest BCUT2D eigenvalue weighted by molar-refractivity contribution is 0.382. The molecule has 0 unspecified atom stereocenters. The van der Waals surface area contributed by atoms with Crippen molar-refractivity contribution in [1.29, 1.82) is 0 Å². The lowest BCUT2D eigenvalue weighted by Crippen LogP contribution is -2.49. The highest BCUT2D eigenvalue weighted by Gasteiger charge is 2.30. The number of hydrogen-bond donors (Lipinski definition) is 1. The molecule has 9 nitrogen and oxygen atoms in total. The van der Waals surface area contributed by atoms with Gasteiger partial charge >= 0.3 is 0 Å². The molecule has 0 bridgehead atoms. The average molecular weight is 377 g/mol. The predicted molar refractivity (Wildman–Crippen MR) is 97.7 cm³/mol. The van der Waals surface area contributed by atoms with E-state index in [2.05, 4.69) is 24.8 Å². The zero-order chi connectivity index (χ0) is 18.0. The summed E-state index contributed by atoms with van der Waals surface area (Å²) in [6.45, 7) is 4.04. The Morgan fingerprint density at radius 2 is 1.73 bits per heavy atom. The third-order valence-electron chi connectivity index (χ3n) is 4.92. The molecule has 2 aliphatic heterocycles. The molecule has 1 N–H and O–H groups in total. The monoisotopic (exact) mass is 377 g/mol. The second-order valence-electron chi connectivity index (χ2n) is 6.57. The van der Waals surface area contributed by atoms with Gasteiger partial charge in [-0.3, -0.25) is 0 Å². The van der Waals surface area contributed by atoms with Crippen molar-refractivity contribution in [2.75, 3.05) is 49.1 Å². The van der Waals surface area contributed by atoms with Gasteiger partial charge in [0.05, 0.1) is 12.5 Å². The highest BCUT2D eigenvalue weighted by molar-refractivity contribution is 7.89. The third kappa shape index (κ3) is 3.38. The van der Waals surface area contributed by atoms with Crippen molar-refractivity contribution in [1.82, 2.24) is 24.2 Å². The highest BCUT2D eigenvalue weighted by Crippen LogP contribution is 2.21. The highest BCUT2D eigenvalue weighted by atomic mass is 32.2. The Kier molecular flexibility index (Phi) is 4.77. The Morgan fingerprint density at radius 1 is 0.962 bits per heavy atom. The summed E-state index contributed by atoms with van der Waals surface area (Å²) in [5, 5.41) is 0.139. The molecule has 4 heterocycles. The Hall–Kier alpha value is -2.20. The van der Waals surface area contributed by atoms with Crippen LogP contribution < -0.4 is 9.80 Å². The van der Waals surface area contributed by atoms with Crippen LogP contribution in [-0.2, 0) is 10.0 Å². The Morgan fingerprint density at radius 3 is 2.42 bits per heavy atom. The summed E-state index contributed by atoms with van der Waals surface area (Å²) in [7, 11) is -3.50. The number of aromatic amines is 1. The molecule has 2 fully saturated rings. The van der Waals surface area contributed by atoms with Crippen LogP contribution >= 0.6 is 0 Å². The molecule has 4 rings (SSSR count). The summed E-state index contributed by atoms with van der Waals surface area (Å²) >= 11 is 0. The fourth-order valence-corrected chi connectivity index (χ4v) is 4.76. The second kappa shape index (κ2) is 7.20. The van der Waals surface area contributed by atoms with Gasteiger partial charge in [-0.05, 0) is 25.3 Å². The number of nitrogens with one attached hydrogen (secondary N) is 1. The number of hydrogen-bond acceptors (Lipinski definition) is 7. The van der Waals surface area contributed by atoms with Gasteiger partial charge in [-0.25, -0.2) is 18.4 Å². The maximum atomic E-state index is 12.6. The molecule has 0 spiro atoms. The van der Waals surface area contributed by atoms with Gasteiger partial charge in [0.2, 0.25) is 5.95 Å². The van der Waals surface area contributed by atoms with Gasteiger partial charge < -0.3 is 14.8 Å². The zero-order valence-corrected chi connectivity index (χ0v) is 15.4. The van der Waals surface area contributed by atoms with Crippen LogP contribution in [0.2, 0.25) is 0 Å². The number of piperidine rings is 1. The Labute approximate surface area is 153 Å². The molecule has 140 valence electrons. The zero-order valence-electron chi connectivity index (χ0n) is 14.6. The molecule has 2 aromatic rings. The first kappa shape index (κ1) is 17.2. The van der Waals surface area contributed by atoms with Gasteiger partial charge in [-0.2, -0.15) is 9.29 Å². The average Bonchev–Trinajstić information content (AvgIpc) is 3.25. The number of imidazole rings is 1. The van der Waals surface area contributed by atoms with E-state index in [1.165, 1.54) is 36.1 Å². The molecular formula is C16H23N7O2S. The third-order valence-corrected chi connectivity index (χ3v) is 6.74. The van der Waals surface area contributed by atoms with Crippen molar-refractivity contribution in [3.05, 3.63) is 24.8 Å². The summed E-state index contributed by atoms with van der Waals surface area (Å²) in [6.07, 6.45) is 8.14. The van der Waals surface area contributed by atoms with Gasteiger partial charge in [0.15, 0.2) is 5.03 Å². The number of H-pyrrole nitrogens is 1. The topological polar surface area (TPSA) is 98.3 Å². The van der Waals surface area contributed by atoms with Crippen molar-refractivity contribution in [3.8, 4) is 0 Å². The van der Waals surface area contributed by atoms with E-state index < -0.39 is 10.0 Å². The number of anilines is 2. The summed E-state index contributed by atoms with van der Waals surface area (Å²) < 4.78 is 26.6. The minimum atomic E-state index is -3.50. The molecule has 2 saturated heterocycles. The smallest absolute Gasteiger partial charge is 0.260 e. The van der Waals surface area contributed by atoms with Crippen LogP contribution in [0.4, 0.5) is 11.8 Å². The normalized spacial score (nSPS) is 19.7. The predicted octanol–water partition coefficient (Wildman–Crippen LogP) is 0.701. The first-order valence-corrected chi connectivity index (χ1v) is 10.4. The summed E-state index contributed by atoms with van der Waals surface area (Å²) in [5.41, 5.74) is 0. The van der Waals surface area contributed by atoms with Crippen LogP contribution in [0.25, 0.3) is 0 Å². The maximum Gasteiger partial charge on any atom is 0.260 e. The van der Waals surface area contributed by atoms with Crippen molar-refractivity contribution >= 4 is 21.8 Å². The largest absolute Gasteiger partial charge is 0.354 e. The van der Waals surface area contributed by atoms with Crippen molar-refractivity contribution in [3.63, 3.8) is 0 Å². The first-order chi connectivity index (χ1) is 12.6. The summed E-state index contributed by atoms with van der Waals surface area (Å²) in [6, 6.07) is 1.90. The molecule has 0 amide bonds. The molecule has 0 aliphatic carbocycles. The minimum absolute atomic E-state index is 0.139. The van der Waals surface area contributed by atoms with Gasteiger partial charge in [0, 0.05) is 45.5 Å². The van der Waals surface area contributed by atoms with E-state index >= 15 is 0 Å². The van der Waals surface area contributed by atoms with E-state index in [-0.39, 0.29) is 5.03 Å². The minimum Gasteiger partial charge on any atom is -0.354 e. The van der Waals surface area contributed by atoms with Crippen molar-refractivity contribution in [2.45, 2.75) is 24.3 Å². The van der Waals surface area contributed by atoms with Crippen LogP contribution in [0.1, 0.15) is 19.3 Å². The summed E-state index contributed by atoms with van der Waals surface area (Å²) in [5.74, 6) is 1.63. The van der Waals surface area contributed by atoms with Gasteiger partial charge in [0.25, 0.3) is 10.0 Å². The second-order valence-corrected chi connectivity index (χ2v) is 8.48. The Bertz CT molecular complexity index is 826. The lowest BCUT2D eigenvalue weighted by Gasteiger charge is -2.35. The number of aromatic nitrogens is 4. The van der Waals surface area contributed by atoms with E-state index in [1.54, 1.807) is 6.20 Å². The molecule has 0 saturated carbocycles. The first-order valence-electron chi connectivity index (χ1n) is 8.96. The van der Waals surface area contributed by atoms with Gasteiger partial charge in [0.1, 0.15) is 5.82 Å². The summed E-state index contributed by atoms with van der Waals surface area (Å²) in [4.78, 5) is 20.0. The van der Waals surface area contributed by atoms with Crippen molar-refractivity contribution < 1.29 is 8.42 Å². The van der Waals surface area contributed by atoms with E-state index in [0.29, 0.717) is 26.2 Å². The van der Waals surface area contributed by atoms with Crippen LogP contribution in [-0.4, -0.2) is 71.9 Å². The number of nitrogens with zero attached hydrogens (tertiary/aromatic N) is 6. The van der Waals surface area contributed by atoms with Crippen LogP contribution in [0.3, 0.4) is 0 Å². The van der Waals surface area contributed by atoms with Crippen LogP contribution in [0, 0.1) is 0 Å². The molecule has 0 aromatic carbocycles. The fourth-order valence-electron chi connectivity index (χ4n) is 3.44. The van der Waals surface area contributed by atoms with E-state index in [9.17, 15) is 8.42 Å². The molecular weight excluding hydrogens is 354 g/mol. The van der Waals surface area contributed by atoms with Crippen molar-refractivity contribution in [2.24, 2.45) is 0 Å². The fraction of sp³-hybridized carbons (Fsp3) is 0.562. The molecule has 2 aromatic heterocycles.